The zero-order chi connectivity index (χ0) is 13.6. The van der Waals surface area contributed by atoms with Crippen molar-refractivity contribution in [2.75, 3.05) is 7.11 Å². The zero-order valence-corrected chi connectivity index (χ0v) is 10.6. The highest BCUT2D eigenvalue weighted by Crippen LogP contribution is 2.28. The Morgan fingerprint density at radius 3 is 2.58 bits per heavy atom. The van der Waals surface area contributed by atoms with Crippen LogP contribution < -0.4 is 10.2 Å². The number of aromatic amines is 1. The second kappa shape index (κ2) is 4.26. The molecule has 1 aromatic carbocycles. The van der Waals surface area contributed by atoms with Crippen LogP contribution in [0.15, 0.2) is 24.4 Å². The first-order valence-electron chi connectivity index (χ1n) is 5.93. The largest absolute Gasteiger partial charge is 0.497 e. The molecule has 0 aliphatic heterocycles. The zero-order valence-electron chi connectivity index (χ0n) is 10.6. The predicted molar refractivity (Wildman–Crippen MR) is 74.7 cm³/mol. The molecule has 2 aromatic heterocycles. The van der Waals surface area contributed by atoms with E-state index in [0.29, 0.717) is 16.7 Å². The van der Waals surface area contributed by atoms with Crippen LogP contribution >= 0.6 is 0 Å². The molecule has 0 aliphatic rings. The summed E-state index contributed by atoms with van der Waals surface area (Å²) in [6.07, 6.45) is 1.74. The monoisotopic (exact) mass is 256 g/mol. The molecule has 0 spiro atoms. The Bertz CT molecular complexity index is 767. The van der Waals surface area contributed by atoms with Crippen LogP contribution in [0.5, 0.6) is 5.75 Å². The average Bonchev–Trinajstić information content (AvgIpc) is 2.77. The van der Waals surface area contributed by atoms with Gasteiger partial charge in [-0.3, -0.25) is 4.98 Å². The maximum absolute atomic E-state index is 9.57. The van der Waals surface area contributed by atoms with Gasteiger partial charge in [0.1, 0.15) is 5.75 Å². The first-order chi connectivity index (χ1) is 9.13. The van der Waals surface area contributed by atoms with E-state index in [1.165, 1.54) is 7.11 Å². The maximum atomic E-state index is 9.57. The van der Waals surface area contributed by atoms with E-state index in [9.17, 15) is 10.0 Å². The van der Waals surface area contributed by atoms with Crippen LogP contribution in [-0.4, -0.2) is 34.2 Å². The minimum absolute atomic E-state index is 0.343. The quantitative estimate of drug-likeness (QED) is 0.590. The minimum atomic E-state index is -1.60. The third kappa shape index (κ3) is 1.68. The molecule has 0 unspecified atom stereocenters. The van der Waals surface area contributed by atoms with E-state index in [0.717, 1.165) is 22.0 Å². The second-order valence-electron chi connectivity index (χ2n) is 4.42. The van der Waals surface area contributed by atoms with Crippen LogP contribution in [-0.2, 0) is 0 Å². The molecule has 0 bridgehead atoms. The SMILES string of the molecule is COc1ccc2c([nH]c3c(C)nccc32)c1B(O)O. The van der Waals surface area contributed by atoms with E-state index in [4.69, 9.17) is 4.74 Å². The lowest BCUT2D eigenvalue weighted by molar-refractivity contribution is 0.404. The van der Waals surface area contributed by atoms with E-state index in [-0.39, 0.29) is 0 Å². The molecule has 5 nitrogen and oxygen atoms in total. The van der Waals surface area contributed by atoms with Gasteiger partial charge in [0.05, 0.1) is 18.3 Å². The van der Waals surface area contributed by atoms with E-state index in [1.54, 1.807) is 12.3 Å². The number of pyridine rings is 1. The highest BCUT2D eigenvalue weighted by atomic mass is 16.5. The highest BCUT2D eigenvalue weighted by Gasteiger charge is 2.23. The van der Waals surface area contributed by atoms with E-state index < -0.39 is 7.12 Å². The Balaban J connectivity index is 2.49. The van der Waals surface area contributed by atoms with Crippen molar-refractivity contribution in [1.82, 2.24) is 9.97 Å². The van der Waals surface area contributed by atoms with Gasteiger partial charge >= 0.3 is 7.12 Å². The van der Waals surface area contributed by atoms with Crippen LogP contribution in [0.2, 0.25) is 0 Å². The highest BCUT2D eigenvalue weighted by molar-refractivity contribution is 6.63. The number of nitrogens with zero attached hydrogens (tertiary/aromatic N) is 1. The third-order valence-corrected chi connectivity index (χ3v) is 3.36. The molecular weight excluding hydrogens is 243 g/mol. The van der Waals surface area contributed by atoms with Crippen molar-refractivity contribution in [3.05, 3.63) is 30.1 Å². The van der Waals surface area contributed by atoms with Crippen molar-refractivity contribution in [3.63, 3.8) is 0 Å². The van der Waals surface area contributed by atoms with Crippen LogP contribution in [0.3, 0.4) is 0 Å². The molecule has 0 atom stereocenters. The summed E-state index contributed by atoms with van der Waals surface area (Å²) in [5.74, 6) is 0.444. The Kier molecular flexibility index (Phi) is 2.69. The lowest BCUT2D eigenvalue weighted by Crippen LogP contribution is -2.32. The normalized spacial score (nSPS) is 11.2. The first-order valence-corrected chi connectivity index (χ1v) is 5.93. The molecule has 0 aliphatic carbocycles. The smallest absolute Gasteiger partial charge is 0.494 e. The number of nitrogens with one attached hydrogen (secondary N) is 1. The van der Waals surface area contributed by atoms with Gasteiger partial charge in [-0.2, -0.15) is 0 Å². The molecule has 96 valence electrons. The van der Waals surface area contributed by atoms with Gasteiger partial charge in [0.15, 0.2) is 0 Å². The van der Waals surface area contributed by atoms with Crippen molar-refractivity contribution in [2.24, 2.45) is 0 Å². The van der Waals surface area contributed by atoms with E-state index in [1.807, 2.05) is 19.1 Å². The molecule has 3 rings (SSSR count). The van der Waals surface area contributed by atoms with Gasteiger partial charge in [-0.25, -0.2) is 0 Å². The first kappa shape index (κ1) is 12.0. The number of hydrogen-bond donors (Lipinski definition) is 3. The Hall–Kier alpha value is -2.05. The number of ether oxygens (including phenoxy) is 1. The average molecular weight is 256 g/mol. The van der Waals surface area contributed by atoms with Crippen LogP contribution in [0, 0.1) is 6.92 Å². The van der Waals surface area contributed by atoms with Gasteiger partial charge in [0.25, 0.3) is 0 Å². The maximum Gasteiger partial charge on any atom is 0.494 e. The summed E-state index contributed by atoms with van der Waals surface area (Å²) in [4.78, 5) is 7.44. The van der Waals surface area contributed by atoms with Gasteiger partial charge in [-0.05, 0) is 25.1 Å². The van der Waals surface area contributed by atoms with Crippen molar-refractivity contribution in [1.29, 1.82) is 0 Å². The number of aryl methyl sites for hydroxylation is 1. The molecule has 0 saturated heterocycles. The van der Waals surface area contributed by atoms with E-state index in [2.05, 4.69) is 9.97 Å². The van der Waals surface area contributed by atoms with Crippen LogP contribution in [0.4, 0.5) is 0 Å². The van der Waals surface area contributed by atoms with Crippen LogP contribution in [0.25, 0.3) is 21.8 Å². The number of methoxy groups -OCH3 is 1. The van der Waals surface area contributed by atoms with Crippen molar-refractivity contribution >= 4 is 34.4 Å². The molecule has 2 heterocycles. The Morgan fingerprint density at radius 2 is 1.89 bits per heavy atom. The van der Waals surface area contributed by atoms with Gasteiger partial charge in [0, 0.05) is 27.9 Å². The number of aromatic nitrogens is 2. The number of benzene rings is 1. The van der Waals surface area contributed by atoms with Gasteiger partial charge in [-0.1, -0.05) is 0 Å². The van der Waals surface area contributed by atoms with Crippen molar-refractivity contribution in [3.8, 4) is 5.75 Å². The summed E-state index contributed by atoms with van der Waals surface area (Å²) < 4.78 is 5.19. The van der Waals surface area contributed by atoms with E-state index >= 15 is 0 Å². The summed E-state index contributed by atoms with van der Waals surface area (Å²) in [5.41, 5.74) is 2.77. The Labute approximate surface area is 110 Å². The molecule has 0 radical (unpaired) electrons. The lowest BCUT2D eigenvalue weighted by atomic mass is 9.78. The molecule has 3 N–H and O–H groups in total. The third-order valence-electron chi connectivity index (χ3n) is 3.36. The summed E-state index contributed by atoms with van der Waals surface area (Å²) >= 11 is 0. The second-order valence-corrected chi connectivity index (χ2v) is 4.42. The fourth-order valence-electron chi connectivity index (χ4n) is 2.47. The lowest BCUT2D eigenvalue weighted by Gasteiger charge is -2.08. The topological polar surface area (TPSA) is 78.4 Å². The molecule has 19 heavy (non-hydrogen) atoms. The summed E-state index contributed by atoms with van der Waals surface area (Å²) in [7, 11) is -0.0948. The summed E-state index contributed by atoms with van der Waals surface area (Å²) in [5, 5.41) is 21.1. The fourth-order valence-corrected chi connectivity index (χ4v) is 2.47. The number of fused-ring (bicyclic) bond motifs is 3. The molecule has 6 heteroatoms. The molecule has 0 fully saturated rings. The molecule has 3 aromatic rings. The minimum Gasteiger partial charge on any atom is -0.497 e. The number of H-pyrrole nitrogens is 1. The standard InChI is InChI=1S/C13H13BN2O3/c1-7-12-9(5-6-15-7)8-3-4-10(19-2)11(14(17)18)13(8)16-12/h3-6,16-18H,1-2H3. The molecular formula is C13H13BN2O3. The molecule has 0 saturated carbocycles. The van der Waals surface area contributed by atoms with Gasteiger partial charge < -0.3 is 19.8 Å². The van der Waals surface area contributed by atoms with Gasteiger partial charge in [-0.15, -0.1) is 0 Å². The number of rotatable bonds is 2. The summed E-state index contributed by atoms with van der Waals surface area (Å²) in [6, 6.07) is 5.54. The van der Waals surface area contributed by atoms with Crippen LogP contribution in [0.1, 0.15) is 5.69 Å². The summed E-state index contributed by atoms with van der Waals surface area (Å²) in [6.45, 7) is 1.91. The van der Waals surface area contributed by atoms with Gasteiger partial charge in [0.2, 0.25) is 0 Å². The van der Waals surface area contributed by atoms with Crippen molar-refractivity contribution < 1.29 is 14.8 Å². The predicted octanol–water partition coefficient (Wildman–Crippen LogP) is 0.713. The van der Waals surface area contributed by atoms with Crippen molar-refractivity contribution in [2.45, 2.75) is 6.92 Å². The molecule has 0 amide bonds. The Morgan fingerprint density at radius 1 is 1.16 bits per heavy atom. The fraction of sp³-hybridized carbons (Fsp3) is 0.154. The number of hydrogen-bond acceptors (Lipinski definition) is 4.